The molecule has 1 saturated heterocycles. The summed E-state index contributed by atoms with van der Waals surface area (Å²) in [5.74, 6) is 0. The number of carbonyl (C=O) groups excluding carboxylic acids is 3. The van der Waals surface area contributed by atoms with Crippen LogP contribution in [0, 0.1) is 0 Å². The molecule has 1 atom stereocenters. The van der Waals surface area contributed by atoms with Crippen molar-refractivity contribution in [1.29, 1.82) is 0 Å². The van der Waals surface area contributed by atoms with Crippen molar-refractivity contribution in [3.05, 3.63) is 84.4 Å². The Labute approximate surface area is 217 Å². The Bertz CT molecular complexity index is 1220. The quantitative estimate of drug-likeness (QED) is 0.283. The van der Waals surface area contributed by atoms with Crippen molar-refractivity contribution in [2.75, 3.05) is 6.61 Å². The SMILES string of the molecule is CC(C)(C)c1ccc(N=C=O)cc1.O=C=NC1CCCCO1.O=C=Nc1ccc(-c2ccccc2)cc1. The molecule has 0 bridgehead atoms. The van der Waals surface area contributed by atoms with Gasteiger partial charge in [-0.2, -0.15) is 15.0 Å². The number of benzene rings is 3. The van der Waals surface area contributed by atoms with Gasteiger partial charge in [-0.1, -0.05) is 75.4 Å². The monoisotopic (exact) mass is 497 g/mol. The van der Waals surface area contributed by atoms with E-state index in [1.54, 1.807) is 12.1 Å². The van der Waals surface area contributed by atoms with Crippen molar-refractivity contribution in [3.63, 3.8) is 0 Å². The largest absolute Gasteiger partial charge is 0.356 e. The summed E-state index contributed by atoms with van der Waals surface area (Å²) in [5, 5.41) is 0. The molecule has 1 unspecified atom stereocenters. The van der Waals surface area contributed by atoms with Gasteiger partial charge in [0.25, 0.3) is 0 Å². The van der Waals surface area contributed by atoms with Crippen molar-refractivity contribution >= 4 is 29.6 Å². The molecule has 1 aliphatic heterocycles. The van der Waals surface area contributed by atoms with Gasteiger partial charge in [0.2, 0.25) is 18.2 Å². The second kappa shape index (κ2) is 15.7. The second-order valence-corrected chi connectivity index (χ2v) is 9.16. The molecule has 1 fully saturated rings. The Morgan fingerprint density at radius 2 is 1.24 bits per heavy atom. The minimum Gasteiger partial charge on any atom is -0.356 e. The molecule has 1 aliphatic rings. The zero-order valence-corrected chi connectivity index (χ0v) is 21.4. The first-order chi connectivity index (χ1) is 17.9. The van der Waals surface area contributed by atoms with Crippen LogP contribution in [-0.4, -0.2) is 31.1 Å². The summed E-state index contributed by atoms with van der Waals surface area (Å²) < 4.78 is 5.09. The summed E-state index contributed by atoms with van der Waals surface area (Å²) in [4.78, 5) is 40.2. The van der Waals surface area contributed by atoms with Gasteiger partial charge < -0.3 is 4.74 Å². The molecule has 0 aliphatic carbocycles. The van der Waals surface area contributed by atoms with Gasteiger partial charge in [0.15, 0.2) is 6.23 Å². The Morgan fingerprint density at radius 1 is 0.703 bits per heavy atom. The standard InChI is InChI=1S/C13H9NO.C11H13NO.C6H9NO2/c15-10-14-13-8-6-12(7-9-13)11-4-2-1-3-5-11;1-11(2,3)9-4-6-10(7-5-9)12-8-13;8-5-7-6-3-1-2-4-9-6/h1-9H;4-7H,1-3H3;6H,1-4H2. The van der Waals surface area contributed by atoms with E-state index in [4.69, 9.17) is 4.74 Å². The van der Waals surface area contributed by atoms with Crippen LogP contribution in [0.15, 0.2) is 93.8 Å². The van der Waals surface area contributed by atoms with Crippen molar-refractivity contribution in [3.8, 4) is 11.1 Å². The van der Waals surface area contributed by atoms with Crippen LogP contribution in [0.3, 0.4) is 0 Å². The third-order valence-electron chi connectivity index (χ3n) is 5.41. The van der Waals surface area contributed by atoms with Gasteiger partial charge in [-0.15, -0.1) is 0 Å². The molecule has 3 aromatic rings. The van der Waals surface area contributed by atoms with E-state index >= 15 is 0 Å². The van der Waals surface area contributed by atoms with Crippen LogP contribution in [0.1, 0.15) is 45.6 Å². The van der Waals surface area contributed by atoms with Gasteiger partial charge in [0, 0.05) is 6.61 Å². The fourth-order valence-electron chi connectivity index (χ4n) is 3.38. The van der Waals surface area contributed by atoms with Crippen LogP contribution in [0.4, 0.5) is 11.4 Å². The van der Waals surface area contributed by atoms with E-state index in [-0.39, 0.29) is 11.6 Å². The summed E-state index contributed by atoms with van der Waals surface area (Å²) in [6, 6.07) is 25.1. The van der Waals surface area contributed by atoms with Crippen molar-refractivity contribution in [2.45, 2.75) is 51.7 Å². The number of isocyanates is 3. The lowest BCUT2D eigenvalue weighted by atomic mass is 9.87. The van der Waals surface area contributed by atoms with Crippen LogP contribution in [0.2, 0.25) is 0 Å². The first kappa shape index (κ1) is 29.0. The van der Waals surface area contributed by atoms with E-state index in [1.807, 2.05) is 66.7 Å². The number of ether oxygens (including phenoxy) is 1. The molecule has 3 aromatic carbocycles. The predicted molar refractivity (Wildman–Crippen MR) is 144 cm³/mol. The molecule has 7 heteroatoms. The molecule has 0 spiro atoms. The molecule has 1 heterocycles. The first-order valence-electron chi connectivity index (χ1n) is 12.0. The molecule has 0 saturated carbocycles. The molecule has 0 aromatic heterocycles. The van der Waals surface area contributed by atoms with Crippen LogP contribution in [0.25, 0.3) is 11.1 Å². The summed E-state index contributed by atoms with van der Waals surface area (Å²) >= 11 is 0. The van der Waals surface area contributed by atoms with Gasteiger partial charge in [0.05, 0.1) is 11.4 Å². The normalized spacial score (nSPS) is 14.1. The molecule has 37 heavy (non-hydrogen) atoms. The summed E-state index contributed by atoms with van der Waals surface area (Å²) in [6.45, 7) is 7.16. The van der Waals surface area contributed by atoms with E-state index in [2.05, 4.69) is 35.7 Å². The maximum atomic E-state index is 10.0. The molecule has 4 rings (SSSR count). The third kappa shape index (κ3) is 10.9. The first-order valence-corrected chi connectivity index (χ1v) is 12.0. The van der Waals surface area contributed by atoms with Gasteiger partial charge >= 0.3 is 0 Å². The van der Waals surface area contributed by atoms with Crippen LogP contribution in [-0.2, 0) is 24.5 Å². The number of nitrogens with zero attached hydrogens (tertiary/aromatic N) is 3. The average molecular weight is 498 g/mol. The molecular formula is C30H31N3O4. The van der Waals surface area contributed by atoms with Crippen molar-refractivity contribution in [1.82, 2.24) is 0 Å². The zero-order valence-electron chi connectivity index (χ0n) is 21.4. The number of rotatable bonds is 4. The van der Waals surface area contributed by atoms with E-state index < -0.39 is 0 Å². The summed E-state index contributed by atoms with van der Waals surface area (Å²) in [6.07, 6.45) is 7.39. The van der Waals surface area contributed by atoms with Crippen LogP contribution in [0.5, 0.6) is 0 Å². The average Bonchev–Trinajstić information content (AvgIpc) is 2.91. The Balaban J connectivity index is 0.000000201. The van der Waals surface area contributed by atoms with Crippen LogP contribution >= 0.6 is 0 Å². The fraction of sp³-hybridized carbons (Fsp3) is 0.300. The minimum absolute atomic E-state index is 0.142. The smallest absolute Gasteiger partial charge is 0.240 e. The maximum absolute atomic E-state index is 10.0. The number of aliphatic imine (C=N–C) groups is 3. The van der Waals surface area contributed by atoms with Gasteiger partial charge in [0.1, 0.15) is 0 Å². The Hall–Kier alpha value is -4.24. The van der Waals surface area contributed by atoms with Crippen molar-refractivity contribution in [2.24, 2.45) is 15.0 Å². The third-order valence-corrected chi connectivity index (χ3v) is 5.41. The topological polar surface area (TPSA) is 97.5 Å². The van der Waals surface area contributed by atoms with E-state index in [1.165, 1.54) is 23.8 Å². The highest BCUT2D eigenvalue weighted by Crippen LogP contribution is 2.24. The highest BCUT2D eigenvalue weighted by Gasteiger charge is 2.12. The van der Waals surface area contributed by atoms with E-state index in [0.717, 1.165) is 37.0 Å². The minimum atomic E-state index is -0.198. The molecule has 0 radical (unpaired) electrons. The lowest BCUT2D eigenvalue weighted by Crippen LogP contribution is -2.15. The van der Waals surface area contributed by atoms with E-state index in [9.17, 15) is 14.4 Å². The fourth-order valence-corrected chi connectivity index (χ4v) is 3.38. The Morgan fingerprint density at radius 3 is 1.70 bits per heavy atom. The van der Waals surface area contributed by atoms with Crippen molar-refractivity contribution < 1.29 is 19.1 Å². The van der Waals surface area contributed by atoms with Gasteiger partial charge in [-0.3, -0.25) is 0 Å². The summed E-state index contributed by atoms with van der Waals surface area (Å²) in [5.41, 5.74) is 4.92. The molecule has 0 N–H and O–H groups in total. The molecule has 0 amide bonds. The highest BCUT2D eigenvalue weighted by atomic mass is 16.5. The second-order valence-electron chi connectivity index (χ2n) is 9.16. The van der Waals surface area contributed by atoms with Crippen LogP contribution < -0.4 is 0 Å². The predicted octanol–water partition coefficient (Wildman–Crippen LogP) is 7.12. The Kier molecular flexibility index (Phi) is 12.3. The lowest BCUT2D eigenvalue weighted by Gasteiger charge is -2.18. The molecule has 7 nitrogen and oxygen atoms in total. The zero-order chi connectivity index (χ0) is 26.9. The number of hydrogen-bond acceptors (Lipinski definition) is 7. The summed E-state index contributed by atoms with van der Waals surface area (Å²) in [7, 11) is 0. The maximum Gasteiger partial charge on any atom is 0.240 e. The highest BCUT2D eigenvalue weighted by molar-refractivity contribution is 5.65. The molecular weight excluding hydrogens is 466 g/mol. The number of hydrogen-bond donors (Lipinski definition) is 0. The lowest BCUT2D eigenvalue weighted by molar-refractivity contribution is 0.0223. The van der Waals surface area contributed by atoms with E-state index in [0.29, 0.717) is 11.4 Å². The van der Waals surface area contributed by atoms with Gasteiger partial charge in [-0.25, -0.2) is 14.4 Å². The molecule has 190 valence electrons. The van der Waals surface area contributed by atoms with Gasteiger partial charge in [-0.05, 0) is 65.6 Å².